The average molecular weight is 217 g/mol. The van der Waals surface area contributed by atoms with Crippen LogP contribution < -0.4 is 10.5 Å². The minimum absolute atomic E-state index is 0.589. The number of rotatable bonds is 4. The van der Waals surface area contributed by atoms with E-state index in [1.54, 1.807) is 13.3 Å². The molecule has 0 spiro atoms. The lowest BCUT2D eigenvalue weighted by Gasteiger charge is -2.11. The van der Waals surface area contributed by atoms with Crippen molar-refractivity contribution < 1.29 is 4.74 Å². The molecule has 1 heterocycles. The molecule has 0 radical (unpaired) electrons. The Hall–Kier alpha value is -1.81. The van der Waals surface area contributed by atoms with Crippen molar-refractivity contribution in [2.24, 2.45) is 5.73 Å². The maximum absolute atomic E-state index is 5.55. The molecule has 4 heteroatoms. The van der Waals surface area contributed by atoms with Crippen LogP contribution in [-0.4, -0.2) is 23.2 Å². The molecule has 0 aliphatic carbocycles. The molecule has 0 unspecified atom stereocenters. The first-order valence-corrected chi connectivity index (χ1v) is 5.22. The fraction of sp³-hybridized carbons (Fsp3) is 0.250. The van der Waals surface area contributed by atoms with Gasteiger partial charge in [-0.15, -0.1) is 0 Å². The number of aromatic nitrogens is 2. The summed E-state index contributed by atoms with van der Waals surface area (Å²) in [5.74, 6) is 1.78. The van der Waals surface area contributed by atoms with Crippen molar-refractivity contribution in [2.45, 2.75) is 6.42 Å². The third-order valence-electron chi connectivity index (χ3n) is 2.43. The van der Waals surface area contributed by atoms with Gasteiger partial charge in [0.2, 0.25) is 0 Å². The van der Waals surface area contributed by atoms with Gasteiger partial charge in [0.05, 0.1) is 12.8 Å². The molecule has 0 atom stereocenters. The number of ether oxygens (including phenoxy) is 1. The van der Waals surface area contributed by atoms with Crippen LogP contribution in [0.5, 0.6) is 5.75 Å². The molecule has 0 saturated carbocycles. The zero-order valence-corrected chi connectivity index (χ0v) is 9.26. The van der Waals surface area contributed by atoms with Gasteiger partial charge in [-0.3, -0.25) is 0 Å². The van der Waals surface area contributed by atoms with Gasteiger partial charge in [-0.1, -0.05) is 12.1 Å². The number of para-hydroxylation sites is 2. The predicted octanol–water partition coefficient (Wildman–Crippen LogP) is 1.38. The SMILES string of the molecule is COc1ccccc1-n1ccnc1CCN. The van der Waals surface area contributed by atoms with Crippen molar-refractivity contribution in [3.8, 4) is 11.4 Å². The lowest BCUT2D eigenvalue weighted by Crippen LogP contribution is -2.09. The number of hydrogen-bond donors (Lipinski definition) is 1. The van der Waals surface area contributed by atoms with Gasteiger partial charge in [-0.25, -0.2) is 4.98 Å². The summed E-state index contributed by atoms with van der Waals surface area (Å²) in [6.07, 6.45) is 4.45. The molecule has 0 aliphatic rings. The van der Waals surface area contributed by atoms with Crippen molar-refractivity contribution in [1.82, 2.24) is 9.55 Å². The molecule has 0 aliphatic heterocycles. The molecule has 84 valence electrons. The summed E-state index contributed by atoms with van der Waals surface area (Å²) in [6, 6.07) is 7.86. The smallest absolute Gasteiger partial charge is 0.142 e. The van der Waals surface area contributed by atoms with Gasteiger partial charge in [0.25, 0.3) is 0 Å². The van der Waals surface area contributed by atoms with Crippen molar-refractivity contribution in [3.63, 3.8) is 0 Å². The Bertz CT molecular complexity index is 465. The monoisotopic (exact) mass is 217 g/mol. The molecular weight excluding hydrogens is 202 g/mol. The van der Waals surface area contributed by atoms with Gasteiger partial charge in [-0.2, -0.15) is 0 Å². The number of benzene rings is 1. The first-order valence-electron chi connectivity index (χ1n) is 5.22. The van der Waals surface area contributed by atoms with E-state index >= 15 is 0 Å². The van der Waals surface area contributed by atoms with Crippen LogP contribution in [0.3, 0.4) is 0 Å². The Morgan fingerprint density at radius 2 is 2.19 bits per heavy atom. The van der Waals surface area contributed by atoms with Crippen LogP contribution in [0.25, 0.3) is 5.69 Å². The third-order valence-corrected chi connectivity index (χ3v) is 2.43. The highest BCUT2D eigenvalue weighted by molar-refractivity contribution is 5.47. The molecule has 0 bridgehead atoms. The van der Waals surface area contributed by atoms with Crippen LogP contribution in [0.4, 0.5) is 0 Å². The maximum atomic E-state index is 5.55. The first kappa shape index (κ1) is 10.7. The summed E-state index contributed by atoms with van der Waals surface area (Å²) in [7, 11) is 1.67. The standard InChI is InChI=1S/C12H15N3O/c1-16-11-5-3-2-4-10(11)15-9-8-14-12(15)6-7-13/h2-5,8-9H,6-7,13H2,1H3. The minimum atomic E-state index is 0.589. The normalized spacial score (nSPS) is 10.4. The van der Waals surface area contributed by atoms with Crippen molar-refractivity contribution in [3.05, 3.63) is 42.5 Å². The largest absolute Gasteiger partial charge is 0.495 e. The molecule has 2 aromatic rings. The average Bonchev–Trinajstić information content (AvgIpc) is 2.77. The number of hydrogen-bond acceptors (Lipinski definition) is 3. The summed E-state index contributed by atoms with van der Waals surface area (Å²) in [6.45, 7) is 0.589. The maximum Gasteiger partial charge on any atom is 0.142 e. The number of imidazole rings is 1. The molecule has 0 fully saturated rings. The topological polar surface area (TPSA) is 53.1 Å². The Kier molecular flexibility index (Phi) is 3.22. The molecule has 1 aromatic heterocycles. The summed E-state index contributed by atoms with van der Waals surface area (Å²) >= 11 is 0. The van der Waals surface area contributed by atoms with E-state index in [1.807, 2.05) is 35.0 Å². The molecule has 2 N–H and O–H groups in total. The second-order valence-electron chi connectivity index (χ2n) is 3.42. The molecule has 2 rings (SSSR count). The highest BCUT2D eigenvalue weighted by Crippen LogP contribution is 2.23. The quantitative estimate of drug-likeness (QED) is 0.841. The fourth-order valence-electron chi connectivity index (χ4n) is 1.70. The van der Waals surface area contributed by atoms with Crippen LogP contribution in [0.2, 0.25) is 0 Å². The van der Waals surface area contributed by atoms with E-state index in [-0.39, 0.29) is 0 Å². The Labute approximate surface area is 94.7 Å². The second-order valence-corrected chi connectivity index (χ2v) is 3.42. The molecular formula is C12H15N3O. The van der Waals surface area contributed by atoms with Crippen LogP contribution >= 0.6 is 0 Å². The first-order chi connectivity index (χ1) is 7.86. The van der Waals surface area contributed by atoms with E-state index in [0.717, 1.165) is 23.7 Å². The zero-order valence-electron chi connectivity index (χ0n) is 9.26. The van der Waals surface area contributed by atoms with Crippen LogP contribution in [0, 0.1) is 0 Å². The summed E-state index contributed by atoms with van der Waals surface area (Å²) in [5.41, 5.74) is 6.54. The Balaban J connectivity index is 2.45. The van der Waals surface area contributed by atoms with E-state index in [9.17, 15) is 0 Å². The van der Waals surface area contributed by atoms with Crippen LogP contribution in [0.1, 0.15) is 5.82 Å². The number of nitrogens with zero attached hydrogens (tertiary/aromatic N) is 2. The third kappa shape index (κ3) is 1.92. The highest BCUT2D eigenvalue weighted by Gasteiger charge is 2.08. The molecule has 16 heavy (non-hydrogen) atoms. The predicted molar refractivity (Wildman–Crippen MR) is 62.9 cm³/mol. The van der Waals surface area contributed by atoms with Gasteiger partial charge in [0.1, 0.15) is 11.6 Å². The van der Waals surface area contributed by atoms with Crippen molar-refractivity contribution in [1.29, 1.82) is 0 Å². The van der Waals surface area contributed by atoms with E-state index in [2.05, 4.69) is 4.98 Å². The second kappa shape index (κ2) is 4.81. The fourth-order valence-corrected chi connectivity index (χ4v) is 1.70. The van der Waals surface area contributed by atoms with Crippen LogP contribution in [-0.2, 0) is 6.42 Å². The van der Waals surface area contributed by atoms with E-state index < -0.39 is 0 Å². The summed E-state index contributed by atoms with van der Waals surface area (Å²) in [4.78, 5) is 4.29. The van der Waals surface area contributed by atoms with Crippen molar-refractivity contribution in [2.75, 3.05) is 13.7 Å². The lowest BCUT2D eigenvalue weighted by molar-refractivity contribution is 0.412. The number of nitrogens with two attached hydrogens (primary N) is 1. The van der Waals surface area contributed by atoms with Crippen LogP contribution in [0.15, 0.2) is 36.7 Å². The summed E-state index contributed by atoms with van der Waals surface area (Å²) in [5, 5.41) is 0. The zero-order chi connectivity index (χ0) is 11.4. The summed E-state index contributed by atoms with van der Waals surface area (Å²) < 4.78 is 7.33. The van der Waals surface area contributed by atoms with Gasteiger partial charge in [-0.05, 0) is 18.7 Å². The van der Waals surface area contributed by atoms with Gasteiger partial charge in [0.15, 0.2) is 0 Å². The van der Waals surface area contributed by atoms with Gasteiger partial charge < -0.3 is 15.0 Å². The molecule has 0 amide bonds. The van der Waals surface area contributed by atoms with Crippen molar-refractivity contribution >= 4 is 0 Å². The van der Waals surface area contributed by atoms with E-state index in [4.69, 9.17) is 10.5 Å². The molecule has 4 nitrogen and oxygen atoms in total. The van der Waals surface area contributed by atoms with Gasteiger partial charge >= 0.3 is 0 Å². The Morgan fingerprint density at radius 3 is 2.94 bits per heavy atom. The molecule has 0 saturated heterocycles. The Morgan fingerprint density at radius 1 is 1.38 bits per heavy atom. The highest BCUT2D eigenvalue weighted by atomic mass is 16.5. The minimum Gasteiger partial charge on any atom is -0.495 e. The van der Waals surface area contributed by atoms with Gasteiger partial charge in [0, 0.05) is 18.8 Å². The number of methoxy groups -OCH3 is 1. The lowest BCUT2D eigenvalue weighted by atomic mass is 10.2. The van der Waals surface area contributed by atoms with E-state index in [0.29, 0.717) is 6.54 Å². The van der Waals surface area contributed by atoms with E-state index in [1.165, 1.54) is 0 Å². The molecule has 1 aromatic carbocycles.